The van der Waals surface area contributed by atoms with Crippen LogP contribution in [0.2, 0.25) is 0 Å². The van der Waals surface area contributed by atoms with E-state index in [2.05, 4.69) is 68.4 Å². The molecule has 0 amide bonds. The monoisotopic (exact) mass is 579 g/mol. The van der Waals surface area contributed by atoms with Gasteiger partial charge in [-0.15, -0.1) is 0 Å². The van der Waals surface area contributed by atoms with E-state index in [4.69, 9.17) is 4.98 Å². The normalized spacial score (nSPS) is 13.3. The highest BCUT2D eigenvalue weighted by molar-refractivity contribution is 5.83. The number of hydrogen-bond donors (Lipinski definition) is 0. The maximum atomic E-state index is 4.73. The van der Waals surface area contributed by atoms with E-state index in [1.807, 2.05) is 12.3 Å². The molecule has 234 valence electrons. The minimum atomic E-state index is 0.136. The standard InChI is InChI=1S/C42H61N/c1-3-5-7-9-11-13-15-17-19-24-32-42(33-25-20-18-16-14-12-10-8-6-4-2)39-28-22-21-27-37(39)38-31-30-36(35-40(38)42)41-29-23-26-34-43-41/h21-23,26-31,34-35H,3-20,24-25,32-33H2,1-2H3. The van der Waals surface area contributed by atoms with Crippen LogP contribution in [0.4, 0.5) is 0 Å². The highest BCUT2D eigenvalue weighted by Crippen LogP contribution is 2.54. The highest BCUT2D eigenvalue weighted by atomic mass is 14.7. The first-order chi connectivity index (χ1) is 21.3. The van der Waals surface area contributed by atoms with Crippen LogP contribution in [0.15, 0.2) is 66.9 Å². The van der Waals surface area contributed by atoms with Crippen molar-refractivity contribution < 1.29 is 0 Å². The molecule has 0 radical (unpaired) electrons. The van der Waals surface area contributed by atoms with Gasteiger partial charge in [0.25, 0.3) is 0 Å². The lowest BCUT2D eigenvalue weighted by molar-refractivity contribution is 0.397. The van der Waals surface area contributed by atoms with Crippen LogP contribution in [-0.2, 0) is 5.41 Å². The van der Waals surface area contributed by atoms with Crippen molar-refractivity contribution in [1.82, 2.24) is 4.98 Å². The SMILES string of the molecule is CCCCCCCCCCCCC1(CCCCCCCCCCCC)c2ccccc2-c2ccc(-c3ccccn3)cc21. The van der Waals surface area contributed by atoms with Gasteiger partial charge in [0.1, 0.15) is 0 Å². The Morgan fingerprint density at radius 1 is 0.465 bits per heavy atom. The molecule has 0 saturated carbocycles. The van der Waals surface area contributed by atoms with Gasteiger partial charge in [0.05, 0.1) is 5.69 Å². The summed E-state index contributed by atoms with van der Waals surface area (Å²) in [5.74, 6) is 0. The van der Waals surface area contributed by atoms with Gasteiger partial charge in [-0.05, 0) is 53.3 Å². The van der Waals surface area contributed by atoms with E-state index in [1.165, 1.54) is 158 Å². The van der Waals surface area contributed by atoms with Gasteiger partial charge in [0.2, 0.25) is 0 Å². The lowest BCUT2D eigenvalue weighted by Gasteiger charge is -2.33. The minimum absolute atomic E-state index is 0.136. The van der Waals surface area contributed by atoms with Gasteiger partial charge >= 0.3 is 0 Å². The number of rotatable bonds is 23. The maximum Gasteiger partial charge on any atom is 0.0702 e. The molecule has 0 aliphatic heterocycles. The fraction of sp³-hybridized carbons (Fsp3) is 0.595. The van der Waals surface area contributed by atoms with E-state index < -0.39 is 0 Å². The fourth-order valence-corrected chi connectivity index (χ4v) is 7.64. The van der Waals surface area contributed by atoms with E-state index in [-0.39, 0.29) is 5.41 Å². The van der Waals surface area contributed by atoms with Crippen LogP contribution in [0.1, 0.15) is 166 Å². The van der Waals surface area contributed by atoms with Gasteiger partial charge in [-0.3, -0.25) is 4.98 Å². The first-order valence-corrected chi connectivity index (χ1v) is 18.5. The van der Waals surface area contributed by atoms with Crippen LogP contribution >= 0.6 is 0 Å². The van der Waals surface area contributed by atoms with Crippen LogP contribution < -0.4 is 0 Å². The number of unbranched alkanes of at least 4 members (excludes halogenated alkanes) is 18. The van der Waals surface area contributed by atoms with Crippen LogP contribution in [0.3, 0.4) is 0 Å². The van der Waals surface area contributed by atoms with Gasteiger partial charge in [0, 0.05) is 17.2 Å². The zero-order valence-corrected chi connectivity index (χ0v) is 27.9. The Hall–Kier alpha value is -2.41. The summed E-state index contributed by atoms with van der Waals surface area (Å²) in [6, 6.07) is 22.9. The van der Waals surface area contributed by atoms with Crippen molar-refractivity contribution in [1.29, 1.82) is 0 Å². The third-order valence-electron chi connectivity index (χ3n) is 10.1. The molecule has 0 N–H and O–H groups in total. The second kappa shape index (κ2) is 19.1. The van der Waals surface area contributed by atoms with E-state index in [9.17, 15) is 0 Å². The zero-order valence-electron chi connectivity index (χ0n) is 27.9. The third kappa shape index (κ3) is 9.79. The van der Waals surface area contributed by atoms with Crippen molar-refractivity contribution in [3.05, 3.63) is 78.0 Å². The van der Waals surface area contributed by atoms with Crippen molar-refractivity contribution in [2.75, 3.05) is 0 Å². The molecule has 0 fully saturated rings. The molecule has 0 bridgehead atoms. The number of aromatic nitrogens is 1. The average molecular weight is 580 g/mol. The van der Waals surface area contributed by atoms with E-state index in [1.54, 1.807) is 11.1 Å². The van der Waals surface area contributed by atoms with Gasteiger partial charge in [-0.25, -0.2) is 0 Å². The van der Waals surface area contributed by atoms with Gasteiger partial charge in [0.15, 0.2) is 0 Å². The van der Waals surface area contributed by atoms with Gasteiger partial charge in [-0.1, -0.05) is 185 Å². The molecular weight excluding hydrogens is 518 g/mol. The Labute approximate surface area is 265 Å². The molecule has 1 heterocycles. The van der Waals surface area contributed by atoms with E-state index in [0.29, 0.717) is 0 Å². The molecule has 1 aliphatic rings. The molecule has 0 saturated heterocycles. The summed E-state index contributed by atoms with van der Waals surface area (Å²) >= 11 is 0. The smallest absolute Gasteiger partial charge is 0.0702 e. The van der Waals surface area contributed by atoms with Crippen molar-refractivity contribution >= 4 is 0 Å². The van der Waals surface area contributed by atoms with Crippen LogP contribution in [-0.4, -0.2) is 4.98 Å². The summed E-state index contributed by atoms with van der Waals surface area (Å²) in [7, 11) is 0. The number of benzene rings is 2. The molecule has 4 rings (SSSR count). The largest absolute Gasteiger partial charge is 0.256 e. The molecule has 1 nitrogen and oxygen atoms in total. The van der Waals surface area contributed by atoms with Crippen molar-refractivity contribution in [2.45, 2.75) is 161 Å². The van der Waals surface area contributed by atoms with E-state index in [0.717, 1.165) is 5.69 Å². The molecule has 2 aromatic carbocycles. The minimum Gasteiger partial charge on any atom is -0.256 e. The summed E-state index contributed by atoms with van der Waals surface area (Å²) in [6.45, 7) is 4.62. The molecule has 0 unspecified atom stereocenters. The highest BCUT2D eigenvalue weighted by Gasteiger charge is 2.42. The Balaban J connectivity index is 1.43. The molecule has 43 heavy (non-hydrogen) atoms. The molecule has 1 heteroatoms. The summed E-state index contributed by atoms with van der Waals surface area (Å²) in [5, 5.41) is 0. The molecule has 1 aromatic heterocycles. The second-order valence-corrected chi connectivity index (χ2v) is 13.5. The number of nitrogens with zero attached hydrogens (tertiary/aromatic N) is 1. The predicted octanol–water partition coefficient (Wildman–Crippen LogP) is 13.6. The molecule has 3 aromatic rings. The topological polar surface area (TPSA) is 12.9 Å². The first-order valence-electron chi connectivity index (χ1n) is 18.5. The molecule has 0 spiro atoms. The Kier molecular flexibility index (Phi) is 14.9. The summed E-state index contributed by atoms with van der Waals surface area (Å²) in [4.78, 5) is 4.73. The maximum absolute atomic E-state index is 4.73. The summed E-state index contributed by atoms with van der Waals surface area (Å²) in [5.41, 5.74) is 8.60. The van der Waals surface area contributed by atoms with Crippen molar-refractivity contribution in [2.24, 2.45) is 0 Å². The number of hydrogen-bond acceptors (Lipinski definition) is 1. The molecule has 1 aliphatic carbocycles. The van der Waals surface area contributed by atoms with Gasteiger partial charge < -0.3 is 0 Å². The average Bonchev–Trinajstić information content (AvgIpc) is 3.32. The molecular formula is C42H61N. The zero-order chi connectivity index (χ0) is 30.0. The van der Waals surface area contributed by atoms with Crippen molar-refractivity contribution in [3.63, 3.8) is 0 Å². The first kappa shape index (κ1) is 33.5. The van der Waals surface area contributed by atoms with E-state index >= 15 is 0 Å². The van der Waals surface area contributed by atoms with Crippen LogP contribution in [0, 0.1) is 0 Å². The van der Waals surface area contributed by atoms with Crippen molar-refractivity contribution in [3.8, 4) is 22.4 Å². The Morgan fingerprint density at radius 2 is 0.953 bits per heavy atom. The third-order valence-corrected chi connectivity index (χ3v) is 10.1. The second-order valence-electron chi connectivity index (χ2n) is 13.5. The van der Waals surface area contributed by atoms with Crippen LogP contribution in [0.25, 0.3) is 22.4 Å². The summed E-state index contributed by atoms with van der Waals surface area (Å²) < 4.78 is 0. The quantitative estimate of drug-likeness (QED) is 0.102. The fourth-order valence-electron chi connectivity index (χ4n) is 7.64. The predicted molar refractivity (Wildman–Crippen MR) is 189 cm³/mol. The van der Waals surface area contributed by atoms with Gasteiger partial charge in [-0.2, -0.15) is 0 Å². The molecule has 0 atom stereocenters. The Morgan fingerprint density at radius 3 is 1.49 bits per heavy atom. The number of fused-ring (bicyclic) bond motifs is 3. The summed E-state index contributed by atoms with van der Waals surface area (Å²) in [6.07, 6.45) is 32.4. The Bertz CT molecular complexity index is 1140. The van der Waals surface area contributed by atoms with Crippen LogP contribution in [0.5, 0.6) is 0 Å². The lowest BCUT2D eigenvalue weighted by Crippen LogP contribution is -2.25. The lowest BCUT2D eigenvalue weighted by atomic mass is 9.70. The number of pyridine rings is 1.